The summed E-state index contributed by atoms with van der Waals surface area (Å²) in [5.74, 6) is -2.91. The molecule has 33 heavy (non-hydrogen) atoms. The molecule has 0 aliphatic rings. The third-order valence-corrected chi connectivity index (χ3v) is 4.87. The molecule has 4 rings (SSSR count). The summed E-state index contributed by atoms with van der Waals surface area (Å²) >= 11 is 0. The molecule has 0 bridgehead atoms. The second kappa shape index (κ2) is 9.74. The van der Waals surface area contributed by atoms with E-state index in [1.54, 1.807) is 25.6 Å². The molecule has 1 aromatic carbocycles. The van der Waals surface area contributed by atoms with Crippen molar-refractivity contribution in [1.29, 1.82) is 0 Å². The number of hydrogen-bond acceptors (Lipinski definition) is 4. The predicted octanol–water partition coefficient (Wildman–Crippen LogP) is 4.06. The molecule has 1 amide bonds. The lowest BCUT2D eigenvalue weighted by Gasteiger charge is -2.10. The van der Waals surface area contributed by atoms with E-state index in [0.717, 1.165) is 21.9 Å². The van der Waals surface area contributed by atoms with Gasteiger partial charge in [-0.2, -0.15) is 13.2 Å². The van der Waals surface area contributed by atoms with Crippen LogP contribution in [0.4, 0.5) is 18.9 Å². The lowest BCUT2D eigenvalue weighted by atomic mass is 10.2. The second-order valence-electron chi connectivity index (χ2n) is 6.98. The first-order valence-corrected chi connectivity index (χ1v) is 9.72. The highest BCUT2D eigenvalue weighted by atomic mass is 19.4. The summed E-state index contributed by atoms with van der Waals surface area (Å²) in [7, 11) is 3.69. The van der Waals surface area contributed by atoms with E-state index in [0.29, 0.717) is 24.5 Å². The number of benzene rings is 1. The second-order valence-corrected chi connectivity index (χ2v) is 6.98. The van der Waals surface area contributed by atoms with Crippen LogP contribution >= 0.6 is 0 Å². The van der Waals surface area contributed by atoms with E-state index in [4.69, 9.17) is 14.6 Å². The zero-order valence-corrected chi connectivity index (χ0v) is 17.8. The highest BCUT2D eigenvalue weighted by Crippen LogP contribution is 2.31. The molecule has 3 aromatic heterocycles. The lowest BCUT2D eigenvalue weighted by molar-refractivity contribution is -0.192. The van der Waals surface area contributed by atoms with Gasteiger partial charge >= 0.3 is 12.1 Å². The number of hydrogen-bond donors (Lipinski definition) is 2. The largest absolute Gasteiger partial charge is 0.490 e. The van der Waals surface area contributed by atoms with E-state index < -0.39 is 12.1 Å². The van der Waals surface area contributed by atoms with E-state index in [9.17, 15) is 18.0 Å². The monoisotopic (exact) mass is 462 g/mol. The van der Waals surface area contributed by atoms with Crippen molar-refractivity contribution < 1.29 is 32.6 Å². The van der Waals surface area contributed by atoms with Gasteiger partial charge < -0.3 is 24.3 Å². The van der Waals surface area contributed by atoms with E-state index >= 15 is 0 Å². The number of methoxy groups -OCH3 is 1. The van der Waals surface area contributed by atoms with E-state index in [1.807, 2.05) is 35.9 Å². The number of nitrogens with one attached hydrogen (secondary N) is 1. The molecule has 4 aromatic rings. The molecule has 0 spiro atoms. The Bertz CT molecular complexity index is 1280. The number of aliphatic carboxylic acids is 1. The van der Waals surface area contributed by atoms with Crippen molar-refractivity contribution >= 4 is 39.5 Å². The SMILES string of the molecule is COCCn1c(C(=O)Nc2cccnc2)cc2c1c1ccccc1n2C.O=C(O)C(F)(F)F. The highest BCUT2D eigenvalue weighted by Gasteiger charge is 2.38. The number of carbonyl (C=O) groups is 2. The van der Waals surface area contributed by atoms with Gasteiger partial charge in [-0.15, -0.1) is 0 Å². The smallest absolute Gasteiger partial charge is 0.475 e. The van der Waals surface area contributed by atoms with Gasteiger partial charge in [0.2, 0.25) is 0 Å². The molecular weight excluding hydrogens is 441 g/mol. The summed E-state index contributed by atoms with van der Waals surface area (Å²) < 4.78 is 41.2. The van der Waals surface area contributed by atoms with Gasteiger partial charge in [-0.3, -0.25) is 9.78 Å². The molecule has 0 aliphatic carbocycles. The summed E-state index contributed by atoms with van der Waals surface area (Å²) in [6, 6.07) is 13.8. The van der Waals surface area contributed by atoms with E-state index in [2.05, 4.69) is 27.0 Å². The molecule has 0 saturated carbocycles. The summed E-state index contributed by atoms with van der Waals surface area (Å²) in [5.41, 5.74) is 4.50. The van der Waals surface area contributed by atoms with Crippen molar-refractivity contribution in [2.24, 2.45) is 7.05 Å². The maximum absolute atomic E-state index is 12.9. The van der Waals surface area contributed by atoms with Crippen molar-refractivity contribution in [3.63, 3.8) is 0 Å². The molecule has 8 nitrogen and oxygen atoms in total. The minimum atomic E-state index is -5.08. The molecule has 3 heterocycles. The Morgan fingerprint density at radius 3 is 2.45 bits per heavy atom. The number of ether oxygens (including phenoxy) is 1. The van der Waals surface area contributed by atoms with Crippen molar-refractivity contribution in [2.45, 2.75) is 12.7 Å². The van der Waals surface area contributed by atoms with Crippen LogP contribution in [-0.2, 0) is 23.1 Å². The Kier molecular flexibility index (Phi) is 7.02. The average molecular weight is 462 g/mol. The minimum absolute atomic E-state index is 0.158. The number of carboxylic acids is 1. The summed E-state index contributed by atoms with van der Waals surface area (Å²) in [5, 5.41) is 11.2. The third kappa shape index (κ3) is 5.14. The number of alkyl halides is 3. The molecule has 0 saturated heterocycles. The van der Waals surface area contributed by atoms with Crippen LogP contribution < -0.4 is 5.32 Å². The fourth-order valence-electron chi connectivity index (χ4n) is 3.40. The zero-order valence-electron chi connectivity index (χ0n) is 17.8. The highest BCUT2D eigenvalue weighted by molar-refractivity contribution is 6.12. The number of aromatic nitrogens is 3. The zero-order chi connectivity index (χ0) is 24.2. The van der Waals surface area contributed by atoms with E-state index in [1.165, 1.54) is 0 Å². The van der Waals surface area contributed by atoms with Crippen LogP contribution in [0.5, 0.6) is 0 Å². The first-order valence-electron chi connectivity index (χ1n) is 9.72. The van der Waals surface area contributed by atoms with Gasteiger partial charge in [-0.05, 0) is 24.3 Å². The minimum Gasteiger partial charge on any atom is -0.475 e. The predicted molar refractivity (Wildman–Crippen MR) is 116 cm³/mol. The molecule has 174 valence electrons. The topological polar surface area (TPSA) is 98.4 Å². The number of anilines is 1. The molecule has 11 heteroatoms. The number of carbonyl (C=O) groups excluding carboxylic acids is 1. The standard InChI is InChI=1S/C20H20N4O2.C2HF3O2/c1-23-16-8-4-3-7-15(16)19-17(23)12-18(24(19)10-11-26-2)20(25)22-14-6-5-9-21-13-14;3-2(4,5)1(6)7/h3-9,12-13H,10-11H2,1-2H3,(H,22,25);(H,6,7). The van der Waals surface area contributed by atoms with Crippen LogP contribution in [0.2, 0.25) is 0 Å². The Balaban J connectivity index is 0.000000383. The number of aryl methyl sites for hydroxylation is 1. The summed E-state index contributed by atoms with van der Waals surface area (Å²) in [6.45, 7) is 1.13. The molecule has 0 unspecified atom stereocenters. The lowest BCUT2D eigenvalue weighted by Crippen LogP contribution is -2.21. The fourth-order valence-corrected chi connectivity index (χ4v) is 3.40. The van der Waals surface area contributed by atoms with Crippen LogP contribution in [-0.4, -0.2) is 51.0 Å². The number of nitrogens with zero attached hydrogens (tertiary/aromatic N) is 3. The Morgan fingerprint density at radius 2 is 1.85 bits per heavy atom. The maximum Gasteiger partial charge on any atom is 0.490 e. The van der Waals surface area contributed by atoms with Gasteiger partial charge in [0.25, 0.3) is 5.91 Å². The number of carboxylic acid groups (broad SMARTS) is 1. The third-order valence-electron chi connectivity index (χ3n) is 4.87. The maximum atomic E-state index is 12.9. The van der Waals surface area contributed by atoms with E-state index in [-0.39, 0.29) is 5.91 Å². The average Bonchev–Trinajstić information content (AvgIpc) is 3.29. The Morgan fingerprint density at radius 1 is 1.15 bits per heavy atom. The molecule has 0 atom stereocenters. The normalized spacial score (nSPS) is 11.3. The van der Waals surface area contributed by atoms with Crippen molar-refractivity contribution in [3.8, 4) is 0 Å². The first-order chi connectivity index (χ1) is 15.6. The number of pyridine rings is 1. The van der Waals surface area contributed by atoms with Crippen LogP contribution in [0.15, 0.2) is 54.9 Å². The van der Waals surface area contributed by atoms with Gasteiger partial charge in [0.1, 0.15) is 5.69 Å². The number of halogens is 3. The van der Waals surface area contributed by atoms with Gasteiger partial charge in [-0.25, -0.2) is 4.79 Å². The van der Waals surface area contributed by atoms with Crippen LogP contribution in [0.25, 0.3) is 21.9 Å². The molecular formula is C22H21F3N4O4. The summed E-state index contributed by atoms with van der Waals surface area (Å²) in [6.07, 6.45) is -1.77. The van der Waals surface area contributed by atoms with Gasteiger partial charge in [0.05, 0.1) is 35.0 Å². The molecule has 2 N–H and O–H groups in total. The van der Waals surface area contributed by atoms with Gasteiger partial charge in [0, 0.05) is 32.3 Å². The Labute approximate surface area is 186 Å². The quantitative estimate of drug-likeness (QED) is 0.466. The van der Waals surface area contributed by atoms with Gasteiger partial charge in [0.15, 0.2) is 0 Å². The molecule has 0 aliphatic heterocycles. The number of fused-ring (bicyclic) bond motifs is 3. The number of rotatable bonds is 5. The number of para-hydroxylation sites is 1. The number of amides is 1. The van der Waals surface area contributed by atoms with Crippen molar-refractivity contribution in [2.75, 3.05) is 19.0 Å². The van der Waals surface area contributed by atoms with Crippen molar-refractivity contribution in [1.82, 2.24) is 14.1 Å². The first kappa shape index (κ1) is 23.8. The molecule has 0 fully saturated rings. The fraction of sp³-hybridized carbons (Fsp3) is 0.227. The summed E-state index contributed by atoms with van der Waals surface area (Å²) in [4.78, 5) is 25.8. The van der Waals surface area contributed by atoms with Gasteiger partial charge in [-0.1, -0.05) is 18.2 Å². The van der Waals surface area contributed by atoms with Crippen LogP contribution in [0.1, 0.15) is 10.5 Å². The van der Waals surface area contributed by atoms with Crippen LogP contribution in [0.3, 0.4) is 0 Å². The Hall–Kier alpha value is -3.86. The molecule has 0 radical (unpaired) electrons. The van der Waals surface area contributed by atoms with Crippen LogP contribution in [0, 0.1) is 0 Å². The van der Waals surface area contributed by atoms with Crippen molar-refractivity contribution in [3.05, 3.63) is 60.6 Å².